The highest BCUT2D eigenvalue weighted by molar-refractivity contribution is 7.90. The summed E-state index contributed by atoms with van der Waals surface area (Å²) in [6.07, 6.45) is 4.07. The van der Waals surface area contributed by atoms with Gasteiger partial charge in [0.05, 0.1) is 5.25 Å². The molecular formula is C19H28ClN3O3S. The number of likely N-dealkylation sites (N-methyl/N-ethyl adjacent to an activating group) is 1. The Labute approximate surface area is 166 Å². The quantitative estimate of drug-likeness (QED) is 0.706. The van der Waals surface area contributed by atoms with Gasteiger partial charge in [0.1, 0.15) is 0 Å². The zero-order valence-corrected chi connectivity index (χ0v) is 17.3. The Hall–Kier alpha value is -1.15. The van der Waals surface area contributed by atoms with Crippen LogP contribution in [0.2, 0.25) is 5.02 Å². The van der Waals surface area contributed by atoms with Crippen LogP contribution in [0.3, 0.4) is 0 Å². The van der Waals surface area contributed by atoms with Gasteiger partial charge in [-0.25, -0.2) is 12.7 Å². The standard InChI is InChI=1S/C19H28ClN3O3S/c1-22(27(25,26)18-7-8-18)13-17-6-3-9-23(17)19(24)12-16(21)11-14-4-2-5-15(20)10-14/h2,4-5,10,16-18H,3,6-9,11-13,21H2,1H3/t16-,17+/m1/s1. The highest BCUT2D eigenvalue weighted by Gasteiger charge is 2.40. The highest BCUT2D eigenvalue weighted by Crippen LogP contribution is 2.31. The fourth-order valence-electron chi connectivity index (χ4n) is 3.76. The van der Waals surface area contributed by atoms with Crippen LogP contribution in [0.15, 0.2) is 24.3 Å². The molecule has 0 radical (unpaired) electrons. The molecule has 1 aromatic rings. The Balaban J connectivity index is 1.55. The number of nitrogens with zero attached hydrogens (tertiary/aromatic N) is 2. The van der Waals surface area contributed by atoms with Crippen LogP contribution in [0.1, 0.15) is 37.7 Å². The summed E-state index contributed by atoms with van der Waals surface area (Å²) in [5.74, 6) is 0.00393. The predicted molar refractivity (Wildman–Crippen MR) is 107 cm³/mol. The largest absolute Gasteiger partial charge is 0.338 e. The van der Waals surface area contributed by atoms with Crippen LogP contribution < -0.4 is 5.73 Å². The van der Waals surface area contributed by atoms with Gasteiger partial charge in [-0.05, 0) is 49.8 Å². The summed E-state index contributed by atoms with van der Waals surface area (Å²) in [4.78, 5) is 14.6. The first kappa shape index (κ1) is 20.6. The van der Waals surface area contributed by atoms with Crippen molar-refractivity contribution in [2.45, 2.75) is 55.9 Å². The third kappa shape index (κ3) is 5.22. The number of hydrogen-bond donors (Lipinski definition) is 1. The number of carbonyl (C=O) groups is 1. The smallest absolute Gasteiger partial charge is 0.224 e. The Bertz CT molecular complexity index is 782. The molecule has 150 valence electrons. The second-order valence-electron chi connectivity index (χ2n) is 7.71. The van der Waals surface area contributed by atoms with Crippen LogP contribution in [-0.4, -0.2) is 61.0 Å². The Morgan fingerprint density at radius 2 is 2.11 bits per heavy atom. The Kier molecular flexibility index (Phi) is 6.46. The Morgan fingerprint density at radius 1 is 1.37 bits per heavy atom. The number of benzene rings is 1. The molecule has 2 atom stereocenters. The van der Waals surface area contributed by atoms with E-state index in [1.165, 1.54) is 4.31 Å². The maximum atomic E-state index is 12.8. The zero-order chi connectivity index (χ0) is 19.6. The third-order valence-corrected chi connectivity index (χ3v) is 7.94. The van der Waals surface area contributed by atoms with Gasteiger partial charge in [0, 0.05) is 43.7 Å². The minimum atomic E-state index is -3.21. The summed E-state index contributed by atoms with van der Waals surface area (Å²) in [5.41, 5.74) is 7.20. The lowest BCUT2D eigenvalue weighted by molar-refractivity contribution is -0.132. The van der Waals surface area contributed by atoms with E-state index in [0.29, 0.717) is 24.5 Å². The molecule has 6 nitrogen and oxygen atoms in total. The van der Waals surface area contributed by atoms with Crippen LogP contribution in [-0.2, 0) is 21.2 Å². The number of halogens is 1. The first-order valence-corrected chi connectivity index (χ1v) is 11.4. The van der Waals surface area contributed by atoms with Gasteiger partial charge in [-0.2, -0.15) is 0 Å². The maximum absolute atomic E-state index is 12.8. The van der Waals surface area contributed by atoms with Gasteiger partial charge >= 0.3 is 0 Å². The summed E-state index contributed by atoms with van der Waals surface area (Å²) in [6, 6.07) is 7.15. The van der Waals surface area contributed by atoms with Crippen molar-refractivity contribution in [1.29, 1.82) is 0 Å². The van der Waals surface area contributed by atoms with Crippen molar-refractivity contribution < 1.29 is 13.2 Å². The minimum absolute atomic E-state index is 0.00393. The van der Waals surface area contributed by atoms with Gasteiger partial charge in [0.15, 0.2) is 0 Å². The number of amides is 1. The molecule has 1 aliphatic heterocycles. The number of carbonyl (C=O) groups excluding carboxylic acids is 1. The first-order valence-electron chi connectivity index (χ1n) is 9.52. The van der Waals surface area contributed by atoms with Gasteiger partial charge in [-0.1, -0.05) is 23.7 Å². The van der Waals surface area contributed by atoms with Crippen molar-refractivity contribution in [1.82, 2.24) is 9.21 Å². The van der Waals surface area contributed by atoms with Gasteiger partial charge in [-0.15, -0.1) is 0 Å². The molecule has 8 heteroatoms. The number of hydrogen-bond acceptors (Lipinski definition) is 4. The van der Waals surface area contributed by atoms with Crippen molar-refractivity contribution in [2.75, 3.05) is 20.1 Å². The van der Waals surface area contributed by atoms with Crippen LogP contribution in [0.4, 0.5) is 0 Å². The van der Waals surface area contributed by atoms with Gasteiger partial charge in [0.2, 0.25) is 15.9 Å². The van der Waals surface area contributed by atoms with Crippen molar-refractivity contribution in [3.05, 3.63) is 34.9 Å². The van der Waals surface area contributed by atoms with E-state index in [4.69, 9.17) is 17.3 Å². The lowest BCUT2D eigenvalue weighted by Gasteiger charge is -2.29. The summed E-state index contributed by atoms with van der Waals surface area (Å²) < 4.78 is 26.2. The van der Waals surface area contributed by atoms with E-state index >= 15 is 0 Å². The van der Waals surface area contributed by atoms with Crippen molar-refractivity contribution >= 4 is 27.5 Å². The SMILES string of the molecule is CN(C[C@@H]1CCCN1C(=O)C[C@H](N)Cc1cccc(Cl)c1)S(=O)(=O)C1CC1. The average molecular weight is 414 g/mol. The predicted octanol–water partition coefficient (Wildman–Crippen LogP) is 2.01. The van der Waals surface area contributed by atoms with Crippen LogP contribution in [0.5, 0.6) is 0 Å². The van der Waals surface area contributed by atoms with Gasteiger partial charge in [-0.3, -0.25) is 4.79 Å². The minimum Gasteiger partial charge on any atom is -0.338 e. The van der Waals surface area contributed by atoms with E-state index < -0.39 is 10.0 Å². The molecule has 1 aromatic carbocycles. The van der Waals surface area contributed by atoms with Crippen LogP contribution in [0.25, 0.3) is 0 Å². The molecular weight excluding hydrogens is 386 g/mol. The lowest BCUT2D eigenvalue weighted by atomic mass is 10.0. The molecule has 0 aromatic heterocycles. The second-order valence-corrected chi connectivity index (χ2v) is 10.5. The van der Waals surface area contributed by atoms with Gasteiger partial charge in [0.25, 0.3) is 0 Å². The summed E-state index contributed by atoms with van der Waals surface area (Å²) in [7, 11) is -1.59. The molecule has 1 aliphatic carbocycles. The van der Waals surface area contributed by atoms with Crippen LogP contribution in [0, 0.1) is 0 Å². The normalized spacial score (nSPS) is 21.6. The average Bonchev–Trinajstić information content (AvgIpc) is 3.35. The summed E-state index contributed by atoms with van der Waals surface area (Å²) in [6.45, 7) is 1.04. The lowest BCUT2D eigenvalue weighted by Crippen LogP contribution is -2.46. The molecule has 0 spiro atoms. The van der Waals surface area contributed by atoms with E-state index in [0.717, 1.165) is 31.2 Å². The van der Waals surface area contributed by atoms with E-state index in [2.05, 4.69) is 0 Å². The fraction of sp³-hybridized carbons (Fsp3) is 0.632. The summed E-state index contributed by atoms with van der Waals surface area (Å²) in [5, 5.41) is 0.435. The topological polar surface area (TPSA) is 83.7 Å². The number of rotatable bonds is 8. The molecule has 0 unspecified atom stereocenters. The molecule has 27 heavy (non-hydrogen) atoms. The van der Waals surface area contributed by atoms with Crippen molar-refractivity contribution in [3.8, 4) is 0 Å². The molecule has 1 amide bonds. The van der Waals surface area contributed by atoms with Crippen LogP contribution >= 0.6 is 11.6 Å². The molecule has 0 bridgehead atoms. The molecule has 1 saturated heterocycles. The summed E-state index contributed by atoms with van der Waals surface area (Å²) >= 11 is 6.00. The monoisotopic (exact) mass is 413 g/mol. The molecule has 1 heterocycles. The van der Waals surface area contributed by atoms with E-state index in [1.54, 1.807) is 7.05 Å². The second kappa shape index (κ2) is 8.47. The Morgan fingerprint density at radius 3 is 2.78 bits per heavy atom. The molecule has 2 N–H and O–H groups in total. The van der Waals surface area contributed by atoms with Gasteiger partial charge < -0.3 is 10.6 Å². The van der Waals surface area contributed by atoms with E-state index in [9.17, 15) is 13.2 Å². The molecule has 3 rings (SSSR count). The molecule has 2 fully saturated rings. The number of likely N-dealkylation sites (tertiary alicyclic amines) is 1. The number of sulfonamides is 1. The van der Waals surface area contributed by atoms with Crippen molar-refractivity contribution in [2.24, 2.45) is 5.73 Å². The first-order chi connectivity index (χ1) is 12.8. The third-order valence-electron chi connectivity index (χ3n) is 5.37. The highest BCUT2D eigenvalue weighted by atomic mass is 35.5. The molecule has 2 aliphatic rings. The number of nitrogens with two attached hydrogens (primary N) is 1. The molecule has 1 saturated carbocycles. The van der Waals surface area contributed by atoms with E-state index in [1.807, 2.05) is 29.2 Å². The van der Waals surface area contributed by atoms with Crippen molar-refractivity contribution in [3.63, 3.8) is 0 Å². The van der Waals surface area contributed by atoms with E-state index in [-0.39, 0.29) is 29.7 Å². The zero-order valence-electron chi connectivity index (χ0n) is 15.7. The fourth-order valence-corrected chi connectivity index (χ4v) is 5.59. The maximum Gasteiger partial charge on any atom is 0.224 e.